The minimum Gasteiger partial charge on any atom is -0.340 e. The van der Waals surface area contributed by atoms with Crippen LogP contribution in [0.25, 0.3) is 0 Å². The van der Waals surface area contributed by atoms with E-state index in [1.807, 2.05) is 0 Å². The first-order valence-electron chi connectivity index (χ1n) is 5.83. The SMILES string of the molecule is O=C1CCC(NC(=O)C2=CCC(F)C(F)=C2)C(=O)N1. The lowest BCUT2D eigenvalue weighted by Gasteiger charge is -2.22. The van der Waals surface area contributed by atoms with E-state index in [4.69, 9.17) is 0 Å². The molecule has 7 heteroatoms. The molecule has 0 bridgehead atoms. The van der Waals surface area contributed by atoms with Crippen molar-refractivity contribution in [3.05, 3.63) is 23.6 Å². The van der Waals surface area contributed by atoms with Gasteiger partial charge in [0.25, 0.3) is 5.91 Å². The lowest BCUT2D eigenvalue weighted by atomic mass is 10.0. The number of allylic oxidation sites excluding steroid dienone is 2. The minimum absolute atomic E-state index is 0.0175. The Bertz CT molecular complexity index is 499. The van der Waals surface area contributed by atoms with E-state index in [2.05, 4.69) is 10.6 Å². The van der Waals surface area contributed by atoms with Gasteiger partial charge in [0, 0.05) is 18.4 Å². The molecule has 1 heterocycles. The molecule has 3 amide bonds. The quantitative estimate of drug-likeness (QED) is 0.714. The number of halogens is 2. The van der Waals surface area contributed by atoms with Gasteiger partial charge in [-0.1, -0.05) is 6.08 Å². The van der Waals surface area contributed by atoms with Gasteiger partial charge in [0.2, 0.25) is 11.8 Å². The highest BCUT2D eigenvalue weighted by Crippen LogP contribution is 2.22. The molecule has 2 atom stereocenters. The van der Waals surface area contributed by atoms with E-state index < -0.39 is 35.8 Å². The normalized spacial score (nSPS) is 27.3. The average molecular weight is 270 g/mol. The van der Waals surface area contributed by atoms with Gasteiger partial charge in [-0.05, 0) is 12.5 Å². The Morgan fingerprint density at radius 3 is 2.79 bits per heavy atom. The first-order valence-corrected chi connectivity index (χ1v) is 5.83. The van der Waals surface area contributed by atoms with Crippen molar-refractivity contribution in [1.82, 2.24) is 10.6 Å². The molecule has 1 fully saturated rings. The Morgan fingerprint density at radius 2 is 2.16 bits per heavy atom. The van der Waals surface area contributed by atoms with Crippen LogP contribution in [0.5, 0.6) is 0 Å². The number of alkyl halides is 1. The summed E-state index contributed by atoms with van der Waals surface area (Å²) in [4.78, 5) is 34.1. The van der Waals surface area contributed by atoms with Crippen molar-refractivity contribution in [3.63, 3.8) is 0 Å². The predicted molar refractivity (Wildman–Crippen MR) is 61.1 cm³/mol. The summed E-state index contributed by atoms with van der Waals surface area (Å²) < 4.78 is 25.9. The molecule has 0 aromatic heterocycles. The molecule has 2 unspecified atom stereocenters. The second kappa shape index (κ2) is 5.29. The molecule has 1 aliphatic heterocycles. The summed E-state index contributed by atoms with van der Waals surface area (Å²) in [7, 11) is 0. The first-order chi connectivity index (χ1) is 8.97. The number of rotatable bonds is 2. The van der Waals surface area contributed by atoms with E-state index in [0.717, 1.165) is 6.08 Å². The number of hydrogen-bond acceptors (Lipinski definition) is 3. The van der Waals surface area contributed by atoms with E-state index in [9.17, 15) is 23.2 Å². The van der Waals surface area contributed by atoms with Crippen molar-refractivity contribution in [2.45, 2.75) is 31.5 Å². The van der Waals surface area contributed by atoms with Crippen LogP contribution in [0.3, 0.4) is 0 Å². The zero-order chi connectivity index (χ0) is 14.0. The lowest BCUT2D eigenvalue weighted by molar-refractivity contribution is -0.136. The van der Waals surface area contributed by atoms with Crippen LogP contribution in [0, 0.1) is 0 Å². The molecule has 1 saturated heterocycles. The predicted octanol–water partition coefficient (Wildman–Crippen LogP) is 0.429. The highest BCUT2D eigenvalue weighted by molar-refractivity contribution is 6.04. The standard InChI is InChI=1S/C12H12F2N2O3/c13-7-2-1-6(5-8(7)14)11(18)15-9-3-4-10(17)16-12(9)19/h1,5,7,9H,2-4H2,(H,15,18)(H,16,17,19). The topological polar surface area (TPSA) is 75.3 Å². The van der Waals surface area contributed by atoms with Gasteiger partial charge in [0.1, 0.15) is 11.9 Å². The molecule has 0 aromatic rings. The Hall–Kier alpha value is -2.05. The van der Waals surface area contributed by atoms with E-state index in [1.54, 1.807) is 0 Å². The fourth-order valence-corrected chi connectivity index (χ4v) is 1.87. The third-order valence-electron chi connectivity index (χ3n) is 2.94. The zero-order valence-electron chi connectivity index (χ0n) is 9.91. The summed E-state index contributed by atoms with van der Waals surface area (Å²) in [6, 6.07) is -0.828. The molecule has 2 N–H and O–H groups in total. The number of piperidine rings is 1. The van der Waals surface area contributed by atoms with Crippen LogP contribution >= 0.6 is 0 Å². The molecular weight excluding hydrogens is 258 g/mol. The number of nitrogens with one attached hydrogen (secondary N) is 2. The van der Waals surface area contributed by atoms with E-state index >= 15 is 0 Å². The number of imide groups is 1. The molecule has 5 nitrogen and oxygen atoms in total. The zero-order valence-corrected chi connectivity index (χ0v) is 9.91. The largest absolute Gasteiger partial charge is 0.340 e. The summed E-state index contributed by atoms with van der Waals surface area (Å²) >= 11 is 0. The van der Waals surface area contributed by atoms with Gasteiger partial charge in [-0.3, -0.25) is 19.7 Å². The molecule has 0 radical (unpaired) electrons. The second-order valence-corrected chi connectivity index (χ2v) is 4.37. The van der Waals surface area contributed by atoms with Crippen molar-refractivity contribution >= 4 is 17.7 Å². The number of amides is 3. The fraction of sp³-hybridized carbons (Fsp3) is 0.417. The van der Waals surface area contributed by atoms with Gasteiger partial charge in [-0.15, -0.1) is 0 Å². The Balaban J connectivity index is 1.99. The summed E-state index contributed by atoms with van der Waals surface area (Å²) in [5, 5.41) is 4.48. The molecular formula is C12H12F2N2O3. The van der Waals surface area contributed by atoms with Crippen LogP contribution in [0.1, 0.15) is 19.3 Å². The van der Waals surface area contributed by atoms with Crippen molar-refractivity contribution in [1.29, 1.82) is 0 Å². The summed E-state index contributed by atoms with van der Waals surface area (Å²) in [5.74, 6) is -2.64. The third-order valence-corrected chi connectivity index (χ3v) is 2.94. The number of carbonyl (C=O) groups is 3. The Labute approximate surface area is 107 Å². The molecule has 2 aliphatic rings. The van der Waals surface area contributed by atoms with Gasteiger partial charge >= 0.3 is 0 Å². The van der Waals surface area contributed by atoms with Crippen LogP contribution < -0.4 is 10.6 Å². The van der Waals surface area contributed by atoms with Crippen molar-refractivity contribution in [3.8, 4) is 0 Å². The van der Waals surface area contributed by atoms with E-state index in [0.29, 0.717) is 0 Å². The van der Waals surface area contributed by atoms with Crippen LogP contribution in [-0.2, 0) is 14.4 Å². The monoisotopic (exact) mass is 270 g/mol. The average Bonchev–Trinajstić information content (AvgIpc) is 2.36. The molecule has 0 spiro atoms. The molecule has 102 valence electrons. The molecule has 0 saturated carbocycles. The molecule has 2 rings (SSSR count). The maximum Gasteiger partial charge on any atom is 0.251 e. The van der Waals surface area contributed by atoms with Crippen LogP contribution in [0.2, 0.25) is 0 Å². The van der Waals surface area contributed by atoms with Gasteiger partial charge in [-0.25, -0.2) is 8.78 Å². The van der Waals surface area contributed by atoms with Gasteiger partial charge in [0.15, 0.2) is 6.17 Å². The summed E-state index contributed by atoms with van der Waals surface area (Å²) in [5.41, 5.74) is -0.0175. The van der Waals surface area contributed by atoms with Crippen LogP contribution in [0.4, 0.5) is 8.78 Å². The maximum atomic E-state index is 13.0. The summed E-state index contributed by atoms with van der Waals surface area (Å²) in [6.07, 6.45) is 0.492. The maximum absolute atomic E-state index is 13.0. The van der Waals surface area contributed by atoms with E-state index in [1.165, 1.54) is 6.08 Å². The lowest BCUT2D eigenvalue weighted by Crippen LogP contribution is -2.52. The third kappa shape index (κ3) is 3.04. The molecule has 0 aromatic carbocycles. The van der Waals surface area contributed by atoms with Crippen molar-refractivity contribution in [2.24, 2.45) is 0 Å². The number of carbonyl (C=O) groups excluding carboxylic acids is 3. The van der Waals surface area contributed by atoms with Crippen LogP contribution in [-0.4, -0.2) is 29.9 Å². The van der Waals surface area contributed by atoms with Gasteiger partial charge < -0.3 is 5.32 Å². The highest BCUT2D eigenvalue weighted by Gasteiger charge is 2.29. The van der Waals surface area contributed by atoms with Gasteiger partial charge in [0.05, 0.1) is 0 Å². The smallest absolute Gasteiger partial charge is 0.251 e. The van der Waals surface area contributed by atoms with Gasteiger partial charge in [-0.2, -0.15) is 0 Å². The molecule has 19 heavy (non-hydrogen) atoms. The summed E-state index contributed by atoms with van der Waals surface area (Å²) in [6.45, 7) is 0. The Morgan fingerprint density at radius 1 is 1.42 bits per heavy atom. The second-order valence-electron chi connectivity index (χ2n) is 4.37. The minimum atomic E-state index is -1.72. The van der Waals surface area contributed by atoms with Crippen molar-refractivity contribution < 1.29 is 23.2 Å². The first kappa shape index (κ1) is 13.4. The van der Waals surface area contributed by atoms with E-state index in [-0.39, 0.29) is 24.8 Å². The number of hydrogen-bond donors (Lipinski definition) is 2. The molecule has 1 aliphatic carbocycles. The van der Waals surface area contributed by atoms with Crippen LogP contribution in [0.15, 0.2) is 23.6 Å². The van der Waals surface area contributed by atoms with Crippen molar-refractivity contribution in [2.75, 3.05) is 0 Å². The Kier molecular flexibility index (Phi) is 3.73. The fourth-order valence-electron chi connectivity index (χ4n) is 1.87. The highest BCUT2D eigenvalue weighted by atomic mass is 19.2.